The molecule has 0 amide bonds. The number of esters is 1. The molecule has 0 unspecified atom stereocenters. The molecule has 0 aliphatic heterocycles. The van der Waals surface area contributed by atoms with Crippen LogP contribution in [0.3, 0.4) is 0 Å². The van der Waals surface area contributed by atoms with Gasteiger partial charge in [0.15, 0.2) is 0 Å². The molecule has 106 valence electrons. The van der Waals surface area contributed by atoms with E-state index in [2.05, 4.69) is 32.9 Å². The first-order valence-electron chi connectivity index (χ1n) is 6.78. The van der Waals surface area contributed by atoms with Gasteiger partial charge in [0.2, 0.25) is 0 Å². The van der Waals surface area contributed by atoms with Gasteiger partial charge in [-0.05, 0) is 53.0 Å². The topological polar surface area (TPSA) is 26.3 Å². The Morgan fingerprint density at radius 2 is 1.84 bits per heavy atom. The standard InChI is InChI=1S/C17H26O2/c1-6-19-17(18)13-16(5)12-8-11-15(4)10-7-9-14(2)3/h8-9,11-13H,6-7,10H2,1-5H3/b12-8+,15-11+,16-13+. The fraction of sp³-hybridized carbons (Fsp3) is 0.471. The highest BCUT2D eigenvalue weighted by Crippen LogP contribution is 2.07. The highest BCUT2D eigenvalue weighted by Gasteiger charge is 1.94. The molecule has 0 saturated carbocycles. The van der Waals surface area contributed by atoms with Crippen LogP contribution in [0.2, 0.25) is 0 Å². The van der Waals surface area contributed by atoms with E-state index in [-0.39, 0.29) is 5.97 Å². The maximum atomic E-state index is 11.2. The molecule has 2 nitrogen and oxygen atoms in total. The summed E-state index contributed by atoms with van der Waals surface area (Å²) in [6.07, 6.45) is 11.9. The number of hydrogen-bond donors (Lipinski definition) is 0. The Morgan fingerprint density at radius 3 is 2.42 bits per heavy atom. The second kappa shape index (κ2) is 10.4. The summed E-state index contributed by atoms with van der Waals surface area (Å²) in [7, 11) is 0. The highest BCUT2D eigenvalue weighted by molar-refractivity contribution is 5.83. The molecule has 0 saturated heterocycles. The van der Waals surface area contributed by atoms with Gasteiger partial charge in [-0.2, -0.15) is 0 Å². The molecule has 0 heterocycles. The molecular formula is C17H26O2. The molecule has 0 N–H and O–H groups in total. The number of rotatable bonds is 7. The molecular weight excluding hydrogens is 236 g/mol. The zero-order valence-corrected chi connectivity index (χ0v) is 12.8. The van der Waals surface area contributed by atoms with Crippen molar-refractivity contribution in [1.29, 1.82) is 0 Å². The molecule has 0 fully saturated rings. The third-order valence-electron chi connectivity index (χ3n) is 2.46. The lowest BCUT2D eigenvalue weighted by Crippen LogP contribution is -1.99. The quantitative estimate of drug-likeness (QED) is 0.286. The van der Waals surface area contributed by atoms with Crippen LogP contribution in [0.5, 0.6) is 0 Å². The van der Waals surface area contributed by atoms with E-state index in [0.29, 0.717) is 6.61 Å². The van der Waals surface area contributed by atoms with Gasteiger partial charge in [-0.1, -0.05) is 35.5 Å². The van der Waals surface area contributed by atoms with Crippen molar-refractivity contribution in [1.82, 2.24) is 0 Å². The first-order chi connectivity index (χ1) is 8.95. The smallest absolute Gasteiger partial charge is 0.330 e. The number of allylic oxidation sites excluding steroid dienone is 7. The largest absolute Gasteiger partial charge is 0.463 e. The van der Waals surface area contributed by atoms with Crippen LogP contribution in [0.1, 0.15) is 47.5 Å². The van der Waals surface area contributed by atoms with Crippen LogP contribution in [0.4, 0.5) is 0 Å². The molecule has 0 aliphatic rings. The SMILES string of the molecule is CCOC(=O)/C=C(C)/C=C/C=C(\C)CCC=C(C)C. The molecule has 0 atom stereocenters. The van der Waals surface area contributed by atoms with Crippen molar-refractivity contribution in [3.8, 4) is 0 Å². The van der Waals surface area contributed by atoms with E-state index < -0.39 is 0 Å². The van der Waals surface area contributed by atoms with Gasteiger partial charge in [-0.3, -0.25) is 0 Å². The zero-order chi connectivity index (χ0) is 14.7. The van der Waals surface area contributed by atoms with Gasteiger partial charge in [-0.15, -0.1) is 0 Å². The van der Waals surface area contributed by atoms with Crippen molar-refractivity contribution in [2.45, 2.75) is 47.5 Å². The summed E-state index contributed by atoms with van der Waals surface area (Å²) in [6.45, 7) is 10.4. The van der Waals surface area contributed by atoms with Crippen molar-refractivity contribution >= 4 is 5.97 Å². The number of carbonyl (C=O) groups excluding carboxylic acids is 1. The summed E-state index contributed by atoms with van der Waals surface area (Å²) in [5.41, 5.74) is 3.58. The van der Waals surface area contributed by atoms with Crippen molar-refractivity contribution in [2.24, 2.45) is 0 Å². The van der Waals surface area contributed by atoms with Crippen LogP contribution < -0.4 is 0 Å². The van der Waals surface area contributed by atoms with E-state index in [0.717, 1.165) is 18.4 Å². The second-order valence-electron chi connectivity index (χ2n) is 4.83. The zero-order valence-electron chi connectivity index (χ0n) is 12.8. The molecule has 0 spiro atoms. The lowest BCUT2D eigenvalue weighted by Gasteiger charge is -1.97. The van der Waals surface area contributed by atoms with E-state index in [4.69, 9.17) is 4.74 Å². The lowest BCUT2D eigenvalue weighted by atomic mass is 10.1. The Morgan fingerprint density at radius 1 is 1.16 bits per heavy atom. The molecule has 19 heavy (non-hydrogen) atoms. The molecule has 0 radical (unpaired) electrons. The first-order valence-corrected chi connectivity index (χ1v) is 6.78. The molecule has 2 heteroatoms. The predicted octanol–water partition coefficient (Wildman–Crippen LogP) is 4.74. The molecule has 0 aliphatic carbocycles. The summed E-state index contributed by atoms with van der Waals surface area (Å²) in [4.78, 5) is 11.2. The van der Waals surface area contributed by atoms with Crippen molar-refractivity contribution in [2.75, 3.05) is 6.61 Å². The summed E-state index contributed by atoms with van der Waals surface area (Å²) >= 11 is 0. The summed E-state index contributed by atoms with van der Waals surface area (Å²) in [5, 5.41) is 0. The van der Waals surface area contributed by atoms with Crippen LogP contribution in [0.25, 0.3) is 0 Å². The molecule has 0 bridgehead atoms. The number of ether oxygens (including phenoxy) is 1. The maximum absolute atomic E-state index is 11.2. The van der Waals surface area contributed by atoms with Gasteiger partial charge < -0.3 is 4.74 Å². The molecule has 0 aromatic rings. The fourth-order valence-corrected chi connectivity index (χ4v) is 1.45. The van der Waals surface area contributed by atoms with Gasteiger partial charge in [0.1, 0.15) is 0 Å². The Kier molecular flexibility index (Phi) is 9.51. The maximum Gasteiger partial charge on any atom is 0.330 e. The molecule has 0 rings (SSSR count). The Balaban J connectivity index is 4.25. The van der Waals surface area contributed by atoms with E-state index in [1.807, 2.05) is 19.1 Å². The van der Waals surface area contributed by atoms with E-state index in [1.54, 1.807) is 6.92 Å². The van der Waals surface area contributed by atoms with Crippen LogP contribution in [-0.2, 0) is 9.53 Å². The lowest BCUT2D eigenvalue weighted by molar-refractivity contribution is -0.137. The Labute approximate surface area is 117 Å². The number of carbonyl (C=O) groups is 1. The minimum atomic E-state index is -0.283. The Hall–Kier alpha value is -1.57. The highest BCUT2D eigenvalue weighted by atomic mass is 16.5. The first kappa shape index (κ1) is 17.4. The summed E-state index contributed by atoms with van der Waals surface area (Å²) < 4.78 is 4.84. The second-order valence-corrected chi connectivity index (χ2v) is 4.83. The van der Waals surface area contributed by atoms with Gasteiger partial charge in [0, 0.05) is 6.08 Å². The van der Waals surface area contributed by atoms with E-state index in [9.17, 15) is 4.79 Å². The minimum Gasteiger partial charge on any atom is -0.463 e. The van der Waals surface area contributed by atoms with Crippen LogP contribution >= 0.6 is 0 Å². The van der Waals surface area contributed by atoms with Crippen molar-refractivity contribution in [3.63, 3.8) is 0 Å². The molecule has 0 aromatic heterocycles. The minimum absolute atomic E-state index is 0.283. The van der Waals surface area contributed by atoms with Gasteiger partial charge in [0.05, 0.1) is 6.61 Å². The summed E-state index contributed by atoms with van der Waals surface area (Å²) in [6, 6.07) is 0. The average molecular weight is 262 g/mol. The normalized spacial score (nSPS) is 12.7. The van der Waals surface area contributed by atoms with Crippen LogP contribution in [0.15, 0.2) is 47.1 Å². The van der Waals surface area contributed by atoms with Crippen molar-refractivity contribution in [3.05, 3.63) is 47.1 Å². The third kappa shape index (κ3) is 11.3. The van der Waals surface area contributed by atoms with Crippen molar-refractivity contribution < 1.29 is 9.53 Å². The monoisotopic (exact) mass is 262 g/mol. The summed E-state index contributed by atoms with van der Waals surface area (Å²) in [5.74, 6) is -0.283. The number of hydrogen-bond acceptors (Lipinski definition) is 2. The predicted molar refractivity (Wildman–Crippen MR) is 82.0 cm³/mol. The average Bonchev–Trinajstić information content (AvgIpc) is 2.28. The van der Waals surface area contributed by atoms with Gasteiger partial charge in [0.25, 0.3) is 0 Å². The van der Waals surface area contributed by atoms with E-state index >= 15 is 0 Å². The fourth-order valence-electron chi connectivity index (χ4n) is 1.45. The van der Waals surface area contributed by atoms with E-state index in [1.165, 1.54) is 17.2 Å². The molecule has 0 aromatic carbocycles. The Bertz CT molecular complexity index is 391. The van der Waals surface area contributed by atoms with Crippen LogP contribution in [0, 0.1) is 0 Å². The van der Waals surface area contributed by atoms with Crippen LogP contribution in [-0.4, -0.2) is 12.6 Å². The van der Waals surface area contributed by atoms with Gasteiger partial charge in [-0.25, -0.2) is 4.79 Å². The van der Waals surface area contributed by atoms with Gasteiger partial charge >= 0.3 is 5.97 Å². The third-order valence-corrected chi connectivity index (χ3v) is 2.46.